The van der Waals surface area contributed by atoms with E-state index in [0.717, 1.165) is 13.8 Å². The zero-order valence-electron chi connectivity index (χ0n) is 9.28. The summed E-state index contributed by atoms with van der Waals surface area (Å²) in [6.07, 6.45) is 0. The molecular formula is C11H9Br2NO2S2. The highest BCUT2D eigenvalue weighted by molar-refractivity contribution is 9.11. The molecule has 1 aromatic carbocycles. The summed E-state index contributed by atoms with van der Waals surface area (Å²) < 4.78 is 28.6. The molecule has 18 heavy (non-hydrogen) atoms. The van der Waals surface area contributed by atoms with E-state index in [4.69, 9.17) is 0 Å². The predicted molar refractivity (Wildman–Crippen MR) is 81.7 cm³/mol. The van der Waals surface area contributed by atoms with E-state index in [1.165, 1.54) is 11.3 Å². The van der Waals surface area contributed by atoms with Crippen molar-refractivity contribution in [3.05, 3.63) is 44.2 Å². The minimum atomic E-state index is -3.50. The molecule has 0 fully saturated rings. The van der Waals surface area contributed by atoms with Gasteiger partial charge in [-0.3, -0.25) is 4.72 Å². The van der Waals surface area contributed by atoms with Gasteiger partial charge in [-0.25, -0.2) is 8.42 Å². The third-order valence-corrected chi connectivity index (χ3v) is 6.59. The normalized spacial score (nSPS) is 11.5. The first-order valence-corrected chi connectivity index (χ1v) is 8.81. The monoisotopic (exact) mass is 409 g/mol. The Labute approximate surface area is 127 Å². The highest BCUT2D eigenvalue weighted by atomic mass is 79.9. The highest BCUT2D eigenvalue weighted by Gasteiger charge is 2.16. The Morgan fingerprint density at radius 1 is 1.17 bits per heavy atom. The van der Waals surface area contributed by atoms with E-state index < -0.39 is 10.0 Å². The van der Waals surface area contributed by atoms with Crippen LogP contribution in [0.2, 0.25) is 0 Å². The number of hydrogen-bond acceptors (Lipinski definition) is 3. The molecule has 0 aliphatic heterocycles. The van der Waals surface area contributed by atoms with E-state index >= 15 is 0 Å². The van der Waals surface area contributed by atoms with Gasteiger partial charge in [0.05, 0.1) is 3.79 Å². The number of aryl methyl sites for hydroxylation is 1. The maximum Gasteiger partial charge on any atom is 0.271 e. The fourth-order valence-corrected chi connectivity index (χ4v) is 4.74. The number of hydrogen-bond donors (Lipinski definition) is 1. The molecule has 1 N–H and O–H groups in total. The molecule has 0 atom stereocenters. The van der Waals surface area contributed by atoms with Crippen molar-refractivity contribution in [3.8, 4) is 0 Å². The van der Waals surface area contributed by atoms with Crippen LogP contribution in [0.5, 0.6) is 0 Å². The third-order valence-electron chi connectivity index (χ3n) is 2.24. The maximum atomic E-state index is 12.1. The molecule has 1 aromatic heterocycles. The Bertz CT molecular complexity index is 680. The van der Waals surface area contributed by atoms with Crippen molar-refractivity contribution in [3.63, 3.8) is 0 Å². The summed E-state index contributed by atoms with van der Waals surface area (Å²) in [5.41, 5.74) is 1.59. The van der Waals surface area contributed by atoms with Crippen molar-refractivity contribution >= 4 is 58.9 Å². The van der Waals surface area contributed by atoms with Crippen LogP contribution in [0.3, 0.4) is 0 Å². The summed E-state index contributed by atoms with van der Waals surface area (Å²) in [4.78, 5) is 0. The smallest absolute Gasteiger partial charge is 0.271 e. The second kappa shape index (κ2) is 5.32. The lowest BCUT2D eigenvalue weighted by Gasteiger charge is -2.07. The number of rotatable bonds is 3. The molecule has 0 aliphatic carbocycles. The summed E-state index contributed by atoms with van der Waals surface area (Å²) in [6.45, 7) is 1.94. The van der Waals surface area contributed by atoms with Crippen LogP contribution < -0.4 is 4.72 Å². The average Bonchev–Trinajstić information content (AvgIpc) is 2.71. The molecule has 0 spiro atoms. The van der Waals surface area contributed by atoms with E-state index in [2.05, 4.69) is 36.6 Å². The summed E-state index contributed by atoms with van der Waals surface area (Å²) in [6, 6.07) is 8.62. The van der Waals surface area contributed by atoms with Crippen LogP contribution in [0.25, 0.3) is 0 Å². The van der Waals surface area contributed by atoms with Gasteiger partial charge in [-0.05, 0) is 52.7 Å². The second-order valence-corrected chi connectivity index (χ2v) is 8.85. The number of benzene rings is 1. The zero-order valence-corrected chi connectivity index (χ0v) is 14.1. The predicted octanol–water partition coefficient (Wildman–Crippen LogP) is 4.38. The lowest BCUT2D eigenvalue weighted by molar-refractivity contribution is 0.603. The standard InChI is InChI=1S/C11H9Br2NO2S2/c1-7-2-3-8(6-9(7)12)14-18(15,16)11-5-4-10(13)17-11/h2-6,14H,1H3. The summed E-state index contributed by atoms with van der Waals surface area (Å²) >= 11 is 7.80. The third kappa shape index (κ3) is 3.14. The van der Waals surface area contributed by atoms with Crippen molar-refractivity contribution in [2.24, 2.45) is 0 Å². The Morgan fingerprint density at radius 3 is 2.44 bits per heavy atom. The van der Waals surface area contributed by atoms with Crippen LogP contribution in [-0.4, -0.2) is 8.42 Å². The van der Waals surface area contributed by atoms with Gasteiger partial charge >= 0.3 is 0 Å². The summed E-state index contributed by atoms with van der Waals surface area (Å²) in [7, 11) is -3.50. The van der Waals surface area contributed by atoms with Gasteiger partial charge in [0, 0.05) is 10.2 Å². The first-order valence-electron chi connectivity index (χ1n) is 4.93. The zero-order chi connectivity index (χ0) is 13.3. The van der Waals surface area contributed by atoms with Gasteiger partial charge in [0.25, 0.3) is 10.0 Å². The number of sulfonamides is 1. The average molecular weight is 411 g/mol. The molecule has 0 bridgehead atoms. The Hall–Kier alpha value is -0.370. The fourth-order valence-electron chi connectivity index (χ4n) is 1.30. The van der Waals surface area contributed by atoms with Gasteiger partial charge in [0.15, 0.2) is 0 Å². The summed E-state index contributed by atoms with van der Waals surface area (Å²) in [5, 5.41) is 0. The topological polar surface area (TPSA) is 46.2 Å². The minimum Gasteiger partial charge on any atom is -0.279 e. The van der Waals surface area contributed by atoms with Crippen molar-refractivity contribution in [2.45, 2.75) is 11.1 Å². The van der Waals surface area contributed by atoms with Crippen molar-refractivity contribution in [1.29, 1.82) is 0 Å². The molecule has 0 radical (unpaired) electrons. The van der Waals surface area contributed by atoms with Crippen molar-refractivity contribution < 1.29 is 8.42 Å². The van der Waals surface area contributed by atoms with Crippen molar-refractivity contribution in [2.75, 3.05) is 4.72 Å². The Morgan fingerprint density at radius 2 is 1.89 bits per heavy atom. The lowest BCUT2D eigenvalue weighted by atomic mass is 10.2. The number of halogens is 2. The van der Waals surface area contributed by atoms with E-state index in [1.54, 1.807) is 24.3 Å². The molecule has 1 heterocycles. The summed E-state index contributed by atoms with van der Waals surface area (Å²) in [5.74, 6) is 0. The molecule has 0 aliphatic rings. The van der Waals surface area contributed by atoms with Gasteiger partial charge < -0.3 is 0 Å². The quantitative estimate of drug-likeness (QED) is 0.815. The van der Waals surface area contributed by atoms with Crippen LogP contribution >= 0.6 is 43.2 Å². The first kappa shape index (κ1) is 14.0. The SMILES string of the molecule is Cc1ccc(NS(=O)(=O)c2ccc(Br)s2)cc1Br. The minimum absolute atomic E-state index is 0.283. The number of anilines is 1. The fraction of sp³-hybridized carbons (Fsp3) is 0.0909. The van der Waals surface area contributed by atoms with Crippen LogP contribution in [0.1, 0.15) is 5.56 Å². The Balaban J connectivity index is 2.30. The molecule has 3 nitrogen and oxygen atoms in total. The molecule has 96 valence electrons. The second-order valence-electron chi connectivity index (χ2n) is 3.63. The van der Waals surface area contributed by atoms with Gasteiger partial charge in [0.1, 0.15) is 4.21 Å². The molecule has 0 unspecified atom stereocenters. The van der Waals surface area contributed by atoms with E-state index in [-0.39, 0.29) is 4.21 Å². The van der Waals surface area contributed by atoms with Crippen LogP contribution in [0.4, 0.5) is 5.69 Å². The molecule has 0 saturated carbocycles. The molecule has 0 saturated heterocycles. The maximum absolute atomic E-state index is 12.1. The van der Waals surface area contributed by atoms with Gasteiger partial charge in [-0.1, -0.05) is 22.0 Å². The number of nitrogens with one attached hydrogen (secondary N) is 1. The molecule has 0 amide bonds. The van der Waals surface area contributed by atoms with Crippen molar-refractivity contribution in [1.82, 2.24) is 0 Å². The van der Waals surface area contributed by atoms with E-state index in [1.807, 2.05) is 13.0 Å². The van der Waals surface area contributed by atoms with Crippen LogP contribution in [0.15, 0.2) is 42.8 Å². The molecule has 2 rings (SSSR count). The highest BCUT2D eigenvalue weighted by Crippen LogP contribution is 2.28. The van der Waals surface area contributed by atoms with Crippen LogP contribution in [-0.2, 0) is 10.0 Å². The van der Waals surface area contributed by atoms with Crippen LogP contribution in [0, 0.1) is 6.92 Å². The van der Waals surface area contributed by atoms with Gasteiger partial charge in [-0.2, -0.15) is 0 Å². The van der Waals surface area contributed by atoms with Gasteiger partial charge in [0.2, 0.25) is 0 Å². The molecular weight excluding hydrogens is 402 g/mol. The lowest BCUT2D eigenvalue weighted by Crippen LogP contribution is -2.11. The van der Waals surface area contributed by atoms with Gasteiger partial charge in [-0.15, -0.1) is 11.3 Å². The Kier molecular flexibility index (Phi) is 4.15. The van der Waals surface area contributed by atoms with E-state index in [0.29, 0.717) is 5.69 Å². The van der Waals surface area contributed by atoms with E-state index in [9.17, 15) is 8.42 Å². The molecule has 7 heteroatoms. The molecule has 2 aromatic rings. The number of thiophene rings is 1. The largest absolute Gasteiger partial charge is 0.279 e. The first-order chi connectivity index (χ1) is 8.38.